The van der Waals surface area contributed by atoms with Gasteiger partial charge in [0.15, 0.2) is 0 Å². The highest BCUT2D eigenvalue weighted by atomic mass is 16.1. The Labute approximate surface area is 210 Å². The van der Waals surface area contributed by atoms with Crippen LogP contribution in [0.2, 0.25) is 0 Å². The van der Waals surface area contributed by atoms with E-state index in [4.69, 9.17) is 0 Å². The number of carbonyl (C=O) groups excluding carboxylic acids is 1. The maximum Gasteiger partial charge on any atom is 0.120 e. The zero-order valence-corrected chi connectivity index (χ0v) is 20.9. The number of imidazole rings is 1. The Morgan fingerprint density at radius 3 is 1.94 bits per heavy atom. The van der Waals surface area contributed by atoms with E-state index in [0.29, 0.717) is 5.92 Å². The minimum atomic E-state index is 0.579. The largest absolute Gasteiger partial charge is 0.349 e. The van der Waals surface area contributed by atoms with Gasteiger partial charge in [0.2, 0.25) is 0 Å². The number of aldehydes is 1. The zero-order chi connectivity index (χ0) is 24.1. The quantitative estimate of drug-likeness (QED) is 0.449. The molecule has 5 nitrogen and oxygen atoms in total. The summed E-state index contributed by atoms with van der Waals surface area (Å²) in [5, 5.41) is 0. The highest BCUT2D eigenvalue weighted by Crippen LogP contribution is 2.22. The minimum Gasteiger partial charge on any atom is -0.349 e. The number of nitrogens with zero attached hydrogens (tertiary/aromatic N) is 3. The van der Waals surface area contributed by atoms with Crippen molar-refractivity contribution in [1.29, 1.82) is 0 Å². The molecule has 5 heteroatoms. The van der Waals surface area contributed by atoms with Gasteiger partial charge in [-0.25, -0.2) is 4.98 Å². The van der Waals surface area contributed by atoms with E-state index in [1.165, 1.54) is 56.4 Å². The number of aromatic amines is 1. The third-order valence-electron chi connectivity index (χ3n) is 7.17. The molecule has 2 aliphatic heterocycles. The number of carbonyl (C=O) groups is 1. The number of aromatic nitrogens is 2. The molecule has 1 aromatic heterocycles. The number of hydrogen-bond acceptors (Lipinski definition) is 4. The second-order valence-electron chi connectivity index (χ2n) is 10.1. The smallest absolute Gasteiger partial charge is 0.120 e. The third kappa shape index (κ3) is 8.75. The van der Waals surface area contributed by atoms with Crippen LogP contribution >= 0.6 is 0 Å². The van der Waals surface area contributed by atoms with Crippen molar-refractivity contribution in [3.8, 4) is 0 Å². The second kappa shape index (κ2) is 14.0. The molecule has 2 aliphatic rings. The minimum absolute atomic E-state index is 0.579. The summed E-state index contributed by atoms with van der Waals surface area (Å²) >= 11 is 0. The molecular weight excluding hydrogens is 432 g/mol. The average Bonchev–Trinajstić information content (AvgIpc) is 3.40. The molecular formula is C30H40N4O. The molecule has 186 valence electrons. The van der Waals surface area contributed by atoms with Crippen LogP contribution in [0.5, 0.6) is 0 Å². The maximum absolute atomic E-state index is 10.5. The van der Waals surface area contributed by atoms with Gasteiger partial charge in [-0.1, -0.05) is 60.7 Å². The van der Waals surface area contributed by atoms with Crippen LogP contribution in [0.3, 0.4) is 0 Å². The molecule has 0 amide bonds. The molecule has 0 spiro atoms. The highest BCUT2D eigenvalue weighted by molar-refractivity contribution is 5.49. The van der Waals surface area contributed by atoms with Gasteiger partial charge in [0.1, 0.15) is 12.1 Å². The van der Waals surface area contributed by atoms with E-state index < -0.39 is 0 Å². The first-order valence-corrected chi connectivity index (χ1v) is 13.2. The predicted molar refractivity (Wildman–Crippen MR) is 142 cm³/mol. The topological polar surface area (TPSA) is 52.2 Å². The van der Waals surface area contributed by atoms with Crippen molar-refractivity contribution in [2.24, 2.45) is 11.8 Å². The van der Waals surface area contributed by atoms with Crippen molar-refractivity contribution in [2.75, 3.05) is 26.2 Å². The van der Waals surface area contributed by atoms with E-state index in [1.807, 2.05) is 12.4 Å². The van der Waals surface area contributed by atoms with Crippen molar-refractivity contribution < 1.29 is 4.79 Å². The van der Waals surface area contributed by atoms with Gasteiger partial charge in [0.05, 0.1) is 0 Å². The SMILES string of the molecule is O=CC[C@@H]1CCCN(Cc2ccccc2)C1.c1ccc(CN2CCC[C@@H](Cc3ncc[nH]3)C2)cc1. The van der Waals surface area contributed by atoms with Gasteiger partial charge >= 0.3 is 0 Å². The number of piperidine rings is 2. The molecule has 2 atom stereocenters. The molecule has 5 rings (SSSR count). The van der Waals surface area contributed by atoms with Crippen LogP contribution in [0.25, 0.3) is 0 Å². The molecule has 3 aromatic rings. The van der Waals surface area contributed by atoms with Crippen LogP contribution < -0.4 is 0 Å². The summed E-state index contributed by atoms with van der Waals surface area (Å²) in [4.78, 5) is 23.1. The first-order valence-electron chi connectivity index (χ1n) is 13.2. The molecule has 35 heavy (non-hydrogen) atoms. The van der Waals surface area contributed by atoms with Crippen LogP contribution in [0, 0.1) is 11.8 Å². The summed E-state index contributed by atoms with van der Waals surface area (Å²) in [6, 6.07) is 21.3. The molecule has 0 unspecified atom stereocenters. The van der Waals surface area contributed by atoms with E-state index >= 15 is 0 Å². The van der Waals surface area contributed by atoms with Gasteiger partial charge in [-0.2, -0.15) is 0 Å². The van der Waals surface area contributed by atoms with Crippen LogP contribution in [0.4, 0.5) is 0 Å². The number of benzene rings is 2. The molecule has 2 fully saturated rings. The Kier molecular flexibility index (Phi) is 10.1. The number of likely N-dealkylation sites (tertiary alicyclic amines) is 2. The summed E-state index contributed by atoms with van der Waals surface area (Å²) in [5.41, 5.74) is 2.79. The van der Waals surface area contributed by atoms with Gasteiger partial charge in [-0.3, -0.25) is 9.80 Å². The van der Waals surface area contributed by atoms with E-state index in [0.717, 1.165) is 50.5 Å². The summed E-state index contributed by atoms with van der Waals surface area (Å²) in [7, 11) is 0. The van der Waals surface area contributed by atoms with E-state index in [9.17, 15) is 4.79 Å². The van der Waals surface area contributed by atoms with E-state index in [-0.39, 0.29) is 0 Å². The lowest BCUT2D eigenvalue weighted by molar-refractivity contribution is -0.109. The molecule has 0 saturated carbocycles. The fraction of sp³-hybridized carbons (Fsp3) is 0.467. The van der Waals surface area contributed by atoms with Gasteiger partial charge in [-0.05, 0) is 61.7 Å². The fourth-order valence-corrected chi connectivity index (χ4v) is 5.45. The number of rotatable bonds is 8. The van der Waals surface area contributed by atoms with Crippen molar-refractivity contribution in [3.05, 3.63) is 90.0 Å². The summed E-state index contributed by atoms with van der Waals surface area (Å²) < 4.78 is 0. The average molecular weight is 473 g/mol. The van der Waals surface area contributed by atoms with Crippen LogP contribution in [-0.4, -0.2) is 52.2 Å². The van der Waals surface area contributed by atoms with Gasteiger partial charge in [0.25, 0.3) is 0 Å². The fourth-order valence-electron chi connectivity index (χ4n) is 5.45. The van der Waals surface area contributed by atoms with Gasteiger partial charge in [-0.15, -0.1) is 0 Å². The van der Waals surface area contributed by atoms with Crippen molar-refractivity contribution in [1.82, 2.24) is 19.8 Å². The Morgan fingerprint density at radius 1 is 0.829 bits per heavy atom. The number of nitrogens with one attached hydrogen (secondary N) is 1. The van der Waals surface area contributed by atoms with Gasteiger partial charge in [0, 0.05) is 51.4 Å². The number of hydrogen-bond donors (Lipinski definition) is 1. The Hall–Kier alpha value is -2.76. The molecule has 2 saturated heterocycles. The zero-order valence-electron chi connectivity index (χ0n) is 20.9. The number of H-pyrrole nitrogens is 1. The van der Waals surface area contributed by atoms with Crippen molar-refractivity contribution in [3.63, 3.8) is 0 Å². The standard InChI is InChI=1S/C16H21N3.C14H19NO/c1-2-5-14(6-3-1)12-19-10-4-7-15(13-19)11-16-17-8-9-18-16;16-10-8-14-7-4-9-15(12-14)11-13-5-2-1-3-6-13/h1-3,5-6,8-9,15H,4,7,10-13H2,(H,17,18);1-3,5-6,10,14H,4,7-9,11-12H2/t15-;14-/m00/s1. The lowest BCUT2D eigenvalue weighted by Gasteiger charge is -2.32. The molecule has 0 bridgehead atoms. The second-order valence-corrected chi connectivity index (χ2v) is 10.1. The Morgan fingerprint density at radius 2 is 1.40 bits per heavy atom. The lowest BCUT2D eigenvalue weighted by Crippen LogP contribution is -2.35. The normalized spacial score (nSPS) is 21.1. The maximum atomic E-state index is 10.5. The lowest BCUT2D eigenvalue weighted by atomic mass is 9.94. The molecule has 0 aliphatic carbocycles. The van der Waals surface area contributed by atoms with E-state index in [2.05, 4.69) is 80.4 Å². The van der Waals surface area contributed by atoms with Crippen LogP contribution in [0.1, 0.15) is 49.1 Å². The summed E-state index contributed by atoms with van der Waals surface area (Å²) in [6.07, 6.45) is 11.7. The monoisotopic (exact) mass is 472 g/mol. The molecule has 2 aromatic carbocycles. The highest BCUT2D eigenvalue weighted by Gasteiger charge is 2.21. The van der Waals surface area contributed by atoms with Gasteiger partial charge < -0.3 is 9.78 Å². The predicted octanol–water partition coefficient (Wildman–Crippen LogP) is 5.35. The van der Waals surface area contributed by atoms with Crippen LogP contribution in [0.15, 0.2) is 73.1 Å². The summed E-state index contributed by atoms with van der Waals surface area (Å²) in [6.45, 7) is 6.77. The molecule has 3 heterocycles. The third-order valence-corrected chi connectivity index (χ3v) is 7.17. The molecule has 0 radical (unpaired) electrons. The first kappa shape index (κ1) is 25.3. The first-order chi connectivity index (χ1) is 17.3. The van der Waals surface area contributed by atoms with Crippen molar-refractivity contribution in [2.45, 2.75) is 51.6 Å². The van der Waals surface area contributed by atoms with Crippen LogP contribution in [-0.2, 0) is 24.3 Å². The summed E-state index contributed by atoms with van der Waals surface area (Å²) in [5.74, 6) is 2.45. The Balaban J connectivity index is 0.000000168. The Bertz CT molecular complexity index is 961. The molecule has 1 N–H and O–H groups in total. The van der Waals surface area contributed by atoms with E-state index in [1.54, 1.807) is 0 Å². The van der Waals surface area contributed by atoms with Crippen molar-refractivity contribution >= 4 is 6.29 Å².